The van der Waals surface area contributed by atoms with E-state index in [4.69, 9.17) is 11.6 Å². The zero-order chi connectivity index (χ0) is 26.3. The zero-order valence-corrected chi connectivity index (χ0v) is 22.5. The first kappa shape index (κ1) is 25.7. The average Bonchev–Trinajstić information content (AvgIpc) is 3.12. The van der Waals surface area contributed by atoms with Crippen molar-refractivity contribution in [3.8, 4) is 0 Å². The van der Waals surface area contributed by atoms with Crippen LogP contribution in [0.1, 0.15) is 46.2 Å². The number of Topliss-reactive ketones (excluding diaryl/α,β-unsaturated/α-hetero) is 1. The van der Waals surface area contributed by atoms with E-state index in [1.165, 1.54) is 17.7 Å². The minimum atomic E-state index is -3.65. The van der Waals surface area contributed by atoms with Gasteiger partial charge in [0, 0.05) is 23.4 Å². The number of fused-ring (bicyclic) bond motifs is 1. The number of benzene rings is 3. The third kappa shape index (κ3) is 5.11. The van der Waals surface area contributed by atoms with Crippen LogP contribution in [0.3, 0.4) is 0 Å². The molecule has 0 aliphatic heterocycles. The number of sulfonamides is 1. The number of aryl methyl sites for hydroxylation is 2. The molecule has 2 atom stereocenters. The van der Waals surface area contributed by atoms with Crippen molar-refractivity contribution < 1.29 is 18.3 Å². The summed E-state index contributed by atoms with van der Waals surface area (Å²) in [5.74, 6) is -0.0834. The monoisotopic (exact) mass is 535 g/mol. The fourth-order valence-electron chi connectivity index (χ4n) is 5.76. The van der Waals surface area contributed by atoms with Crippen LogP contribution in [0.2, 0.25) is 5.02 Å². The summed E-state index contributed by atoms with van der Waals surface area (Å²) >= 11 is 5.90. The molecular formula is C30H30ClNO4S. The van der Waals surface area contributed by atoms with E-state index in [1.807, 2.05) is 44.2 Å². The molecule has 0 radical (unpaired) electrons. The van der Waals surface area contributed by atoms with Crippen molar-refractivity contribution in [2.45, 2.75) is 56.9 Å². The lowest BCUT2D eigenvalue weighted by Gasteiger charge is -2.27. The molecule has 7 heteroatoms. The topological polar surface area (TPSA) is 83.5 Å². The van der Waals surface area contributed by atoms with Gasteiger partial charge in [-0.05, 0) is 97.2 Å². The van der Waals surface area contributed by atoms with Gasteiger partial charge in [0.15, 0.2) is 5.78 Å². The number of hydrogen-bond donors (Lipinski definition) is 2. The lowest BCUT2D eigenvalue weighted by Crippen LogP contribution is -2.39. The van der Waals surface area contributed by atoms with Crippen molar-refractivity contribution in [1.29, 1.82) is 0 Å². The number of allylic oxidation sites excluding steroid dienone is 2. The molecule has 0 spiro atoms. The molecule has 2 aliphatic carbocycles. The highest BCUT2D eigenvalue weighted by atomic mass is 35.5. The van der Waals surface area contributed by atoms with E-state index in [1.54, 1.807) is 12.1 Å². The number of carbonyl (C=O) groups excluding carboxylic acids is 1. The molecular weight excluding hydrogens is 506 g/mol. The third-order valence-corrected chi connectivity index (χ3v) is 9.36. The van der Waals surface area contributed by atoms with Crippen LogP contribution in [-0.4, -0.2) is 25.3 Å². The molecule has 0 bridgehead atoms. The minimum Gasteiger partial charge on any atom is -0.511 e. The molecule has 0 saturated carbocycles. The van der Waals surface area contributed by atoms with Gasteiger partial charge in [-0.1, -0.05) is 48.0 Å². The predicted octanol–water partition coefficient (Wildman–Crippen LogP) is 5.89. The van der Waals surface area contributed by atoms with Crippen LogP contribution in [0.5, 0.6) is 0 Å². The van der Waals surface area contributed by atoms with E-state index >= 15 is 0 Å². The van der Waals surface area contributed by atoms with Crippen molar-refractivity contribution in [2.24, 2.45) is 5.92 Å². The normalized spacial score (nSPS) is 19.8. The van der Waals surface area contributed by atoms with Gasteiger partial charge in [-0.25, -0.2) is 13.1 Å². The van der Waals surface area contributed by atoms with Crippen LogP contribution in [0, 0.1) is 19.8 Å². The van der Waals surface area contributed by atoms with Crippen molar-refractivity contribution in [3.05, 3.63) is 105 Å². The van der Waals surface area contributed by atoms with Crippen molar-refractivity contribution in [2.75, 3.05) is 0 Å². The Morgan fingerprint density at radius 1 is 0.973 bits per heavy atom. The van der Waals surface area contributed by atoms with Crippen LogP contribution < -0.4 is 4.72 Å². The summed E-state index contributed by atoms with van der Waals surface area (Å²) in [6, 6.07) is 17.9. The van der Waals surface area contributed by atoms with Gasteiger partial charge in [-0.3, -0.25) is 4.79 Å². The summed E-state index contributed by atoms with van der Waals surface area (Å²) in [6.45, 7) is 3.93. The van der Waals surface area contributed by atoms with Crippen LogP contribution in [-0.2, 0) is 34.1 Å². The molecule has 2 unspecified atom stereocenters. The number of nitrogens with one attached hydrogen (secondary N) is 1. The quantitative estimate of drug-likeness (QED) is 0.412. The standard InChI is InChI=1S/C30H30ClNO4S/c1-18-5-3-6-19(2)28(18)29-27(33)17-22(30(29)34)15-20-7-4-8-21-16-24(11-14-26(20)21)32-37(35,36)25-12-9-23(31)10-13-25/h3-10,12-13,22,24,32,34H,11,14-17H2,1-2H3. The summed E-state index contributed by atoms with van der Waals surface area (Å²) in [5, 5.41) is 11.6. The number of aliphatic hydroxyl groups excluding tert-OH is 1. The first-order valence-corrected chi connectivity index (χ1v) is 14.4. The maximum absolute atomic E-state index is 13.0. The third-order valence-electron chi connectivity index (χ3n) is 7.58. The maximum atomic E-state index is 13.0. The lowest BCUT2D eigenvalue weighted by atomic mass is 9.83. The van der Waals surface area contributed by atoms with Gasteiger partial charge in [0.05, 0.1) is 10.5 Å². The fraction of sp³-hybridized carbons (Fsp3) is 0.300. The van der Waals surface area contributed by atoms with E-state index in [-0.39, 0.29) is 28.4 Å². The Labute approximate surface area is 223 Å². The Morgan fingerprint density at radius 2 is 1.65 bits per heavy atom. The molecule has 2 aliphatic rings. The molecule has 0 fully saturated rings. The number of halogens is 1. The van der Waals surface area contributed by atoms with Crippen molar-refractivity contribution in [3.63, 3.8) is 0 Å². The summed E-state index contributed by atoms with van der Waals surface area (Å²) < 4.78 is 28.6. The van der Waals surface area contributed by atoms with Gasteiger partial charge >= 0.3 is 0 Å². The highest BCUT2D eigenvalue weighted by Crippen LogP contribution is 2.39. The van der Waals surface area contributed by atoms with Gasteiger partial charge in [-0.2, -0.15) is 0 Å². The van der Waals surface area contributed by atoms with E-state index in [9.17, 15) is 18.3 Å². The Hall–Kier alpha value is -2.93. The maximum Gasteiger partial charge on any atom is 0.240 e. The summed E-state index contributed by atoms with van der Waals surface area (Å²) in [5.41, 5.74) is 6.70. The minimum absolute atomic E-state index is 0.0126. The van der Waals surface area contributed by atoms with Gasteiger partial charge in [0.25, 0.3) is 0 Å². The molecule has 3 aromatic rings. The Bertz CT molecular complexity index is 1490. The second-order valence-corrected chi connectivity index (χ2v) is 12.3. The Kier molecular flexibility index (Phi) is 7.01. The SMILES string of the molecule is Cc1cccc(C)c1C1=C(O)C(Cc2cccc3c2CCC(NS(=O)(=O)c2ccc(Cl)cc2)C3)CC1=O. The molecule has 5 rings (SSSR count). The number of hydrogen-bond acceptors (Lipinski definition) is 4. The summed E-state index contributed by atoms with van der Waals surface area (Å²) in [4.78, 5) is 13.2. The first-order valence-electron chi connectivity index (χ1n) is 12.5. The highest BCUT2D eigenvalue weighted by molar-refractivity contribution is 7.89. The number of rotatable bonds is 6. The molecule has 2 N–H and O–H groups in total. The van der Waals surface area contributed by atoms with Gasteiger partial charge in [0.1, 0.15) is 5.76 Å². The Morgan fingerprint density at radius 3 is 2.35 bits per heavy atom. The van der Waals surface area contributed by atoms with Gasteiger partial charge in [0.2, 0.25) is 10.0 Å². The predicted molar refractivity (Wildman–Crippen MR) is 146 cm³/mol. The second-order valence-electron chi connectivity index (χ2n) is 10.1. The molecule has 0 amide bonds. The smallest absolute Gasteiger partial charge is 0.240 e. The largest absolute Gasteiger partial charge is 0.511 e. The molecule has 37 heavy (non-hydrogen) atoms. The molecule has 0 aromatic heterocycles. The van der Waals surface area contributed by atoms with E-state index in [2.05, 4.69) is 10.8 Å². The zero-order valence-electron chi connectivity index (χ0n) is 20.9. The van der Waals surface area contributed by atoms with Crippen LogP contribution >= 0.6 is 11.6 Å². The highest BCUT2D eigenvalue weighted by Gasteiger charge is 2.35. The van der Waals surface area contributed by atoms with E-state index in [0.29, 0.717) is 36.3 Å². The summed E-state index contributed by atoms with van der Waals surface area (Å²) in [7, 11) is -3.65. The van der Waals surface area contributed by atoms with E-state index in [0.717, 1.165) is 34.2 Å². The second kappa shape index (κ2) is 10.1. The average molecular weight is 536 g/mol. The molecule has 192 valence electrons. The lowest BCUT2D eigenvalue weighted by molar-refractivity contribution is -0.113. The fourth-order valence-corrected chi connectivity index (χ4v) is 7.16. The number of carbonyl (C=O) groups is 1. The molecule has 3 aromatic carbocycles. The van der Waals surface area contributed by atoms with Crippen molar-refractivity contribution in [1.82, 2.24) is 4.72 Å². The number of ketones is 1. The van der Waals surface area contributed by atoms with Gasteiger partial charge in [-0.15, -0.1) is 0 Å². The molecule has 0 heterocycles. The van der Waals surface area contributed by atoms with E-state index < -0.39 is 10.0 Å². The van der Waals surface area contributed by atoms with Crippen LogP contribution in [0.4, 0.5) is 0 Å². The van der Waals surface area contributed by atoms with Crippen molar-refractivity contribution >= 4 is 33.0 Å². The van der Waals surface area contributed by atoms with Crippen LogP contribution in [0.15, 0.2) is 71.3 Å². The Balaban J connectivity index is 1.35. The van der Waals surface area contributed by atoms with Gasteiger partial charge < -0.3 is 5.11 Å². The number of aliphatic hydroxyl groups is 1. The summed E-state index contributed by atoms with van der Waals surface area (Å²) in [6.07, 6.45) is 2.87. The first-order chi connectivity index (χ1) is 17.6. The van der Waals surface area contributed by atoms with Crippen LogP contribution in [0.25, 0.3) is 5.57 Å². The molecule has 5 nitrogen and oxygen atoms in total. The molecule has 0 saturated heterocycles.